The monoisotopic (exact) mass is 296 g/mol. The van der Waals surface area contributed by atoms with Crippen molar-refractivity contribution in [3.63, 3.8) is 0 Å². The van der Waals surface area contributed by atoms with Gasteiger partial charge in [0, 0.05) is 25.6 Å². The molecule has 0 aromatic carbocycles. The average molecular weight is 297 g/mol. The molecule has 0 aliphatic rings. The molecule has 108 valence electrons. The maximum Gasteiger partial charge on any atom is 0.204 e. The maximum absolute atomic E-state index is 6.07. The van der Waals surface area contributed by atoms with Gasteiger partial charge in [0.15, 0.2) is 0 Å². The molecule has 0 spiro atoms. The fraction of sp³-hybridized carbons (Fsp3) is 0.462. The average Bonchev–Trinajstić information content (AvgIpc) is 2.90. The molecule has 0 fully saturated rings. The van der Waals surface area contributed by atoms with E-state index in [1.165, 1.54) is 0 Å². The van der Waals surface area contributed by atoms with Crippen LogP contribution in [0.15, 0.2) is 24.7 Å². The van der Waals surface area contributed by atoms with E-state index in [0.29, 0.717) is 30.5 Å². The Bertz CT molecular complexity index is 541. The summed E-state index contributed by atoms with van der Waals surface area (Å²) in [4.78, 5) is 3.95. The van der Waals surface area contributed by atoms with E-state index in [0.717, 1.165) is 5.56 Å². The first-order chi connectivity index (χ1) is 9.74. The van der Waals surface area contributed by atoms with E-state index in [1.54, 1.807) is 23.3 Å². The van der Waals surface area contributed by atoms with Crippen molar-refractivity contribution in [1.29, 1.82) is 0 Å². The van der Waals surface area contributed by atoms with Gasteiger partial charge in [0.25, 0.3) is 0 Å². The first-order valence-electron chi connectivity index (χ1n) is 6.46. The van der Waals surface area contributed by atoms with Gasteiger partial charge < -0.3 is 9.47 Å². The second kappa shape index (κ2) is 7.33. The lowest BCUT2D eigenvalue weighted by Gasteiger charge is -2.13. The number of pyridine rings is 1. The molecule has 0 N–H and O–H groups in total. The van der Waals surface area contributed by atoms with Crippen LogP contribution in [0.1, 0.15) is 31.4 Å². The second-order valence-electron chi connectivity index (χ2n) is 4.05. The largest absolute Gasteiger partial charge is 0.347 e. The fourth-order valence-electron chi connectivity index (χ4n) is 1.73. The summed E-state index contributed by atoms with van der Waals surface area (Å²) in [6.07, 6.45) is 4.62. The van der Waals surface area contributed by atoms with Crippen LogP contribution in [0.5, 0.6) is 0 Å². The van der Waals surface area contributed by atoms with E-state index in [2.05, 4.69) is 15.3 Å². The van der Waals surface area contributed by atoms with Crippen molar-refractivity contribution >= 4 is 11.6 Å². The van der Waals surface area contributed by atoms with Crippen molar-refractivity contribution in [2.75, 3.05) is 13.2 Å². The standard InChI is InChI=1S/C13H17ClN4O2/c1-3-19-13(20-4-2)12-9-18(17-16-12)8-10-5-6-15-7-11(10)14/h5-7,9,13H,3-4,8H2,1-2H3. The number of nitrogens with zero attached hydrogens (tertiary/aromatic N) is 4. The lowest BCUT2D eigenvalue weighted by atomic mass is 10.3. The molecule has 0 saturated carbocycles. The van der Waals surface area contributed by atoms with Gasteiger partial charge in [-0.05, 0) is 25.5 Å². The number of hydrogen-bond acceptors (Lipinski definition) is 5. The molecule has 2 heterocycles. The highest BCUT2D eigenvalue weighted by molar-refractivity contribution is 6.31. The molecule has 0 bridgehead atoms. The normalized spacial score (nSPS) is 11.2. The fourth-order valence-corrected chi connectivity index (χ4v) is 1.91. The van der Waals surface area contributed by atoms with Gasteiger partial charge >= 0.3 is 0 Å². The molecule has 2 rings (SSSR count). The van der Waals surface area contributed by atoms with Crippen LogP contribution in [-0.2, 0) is 16.0 Å². The summed E-state index contributed by atoms with van der Waals surface area (Å²) >= 11 is 6.07. The number of ether oxygens (including phenoxy) is 2. The lowest BCUT2D eigenvalue weighted by molar-refractivity contribution is -0.142. The molecular formula is C13H17ClN4O2. The topological polar surface area (TPSA) is 62.1 Å². The number of aromatic nitrogens is 4. The van der Waals surface area contributed by atoms with Crippen molar-refractivity contribution in [2.45, 2.75) is 26.7 Å². The Balaban J connectivity index is 2.10. The smallest absolute Gasteiger partial charge is 0.204 e. The van der Waals surface area contributed by atoms with E-state index in [1.807, 2.05) is 19.9 Å². The van der Waals surface area contributed by atoms with E-state index in [-0.39, 0.29) is 0 Å². The summed E-state index contributed by atoms with van der Waals surface area (Å²) in [5, 5.41) is 8.76. The van der Waals surface area contributed by atoms with Crippen LogP contribution in [-0.4, -0.2) is 33.2 Å². The van der Waals surface area contributed by atoms with Crippen LogP contribution in [0, 0.1) is 0 Å². The van der Waals surface area contributed by atoms with Crippen LogP contribution < -0.4 is 0 Å². The minimum atomic E-state index is -0.480. The highest BCUT2D eigenvalue weighted by Gasteiger charge is 2.15. The number of hydrogen-bond donors (Lipinski definition) is 0. The third kappa shape index (κ3) is 3.75. The summed E-state index contributed by atoms with van der Waals surface area (Å²) in [5.74, 6) is 0. The first kappa shape index (κ1) is 14.9. The highest BCUT2D eigenvalue weighted by atomic mass is 35.5. The zero-order chi connectivity index (χ0) is 14.4. The van der Waals surface area contributed by atoms with Crippen LogP contribution in [0.2, 0.25) is 5.02 Å². The maximum atomic E-state index is 6.07. The molecule has 2 aromatic rings. The van der Waals surface area contributed by atoms with Crippen LogP contribution in [0.4, 0.5) is 0 Å². The van der Waals surface area contributed by atoms with Gasteiger partial charge in [-0.2, -0.15) is 0 Å². The van der Waals surface area contributed by atoms with E-state index in [4.69, 9.17) is 21.1 Å². The van der Waals surface area contributed by atoms with Crippen molar-refractivity contribution in [2.24, 2.45) is 0 Å². The molecule has 2 aromatic heterocycles. The Morgan fingerprint density at radius 3 is 2.70 bits per heavy atom. The Kier molecular flexibility index (Phi) is 5.46. The van der Waals surface area contributed by atoms with Gasteiger partial charge in [-0.3, -0.25) is 4.98 Å². The minimum absolute atomic E-state index is 0.480. The molecule has 0 unspecified atom stereocenters. The Morgan fingerprint density at radius 1 is 1.30 bits per heavy atom. The van der Waals surface area contributed by atoms with Crippen LogP contribution >= 0.6 is 11.6 Å². The van der Waals surface area contributed by atoms with Crippen molar-refractivity contribution in [1.82, 2.24) is 20.0 Å². The third-order valence-electron chi connectivity index (χ3n) is 2.62. The molecule has 0 aliphatic carbocycles. The number of halogens is 1. The third-order valence-corrected chi connectivity index (χ3v) is 2.96. The molecule has 0 radical (unpaired) electrons. The summed E-state index contributed by atoms with van der Waals surface area (Å²) in [6.45, 7) is 5.45. The summed E-state index contributed by atoms with van der Waals surface area (Å²) in [5.41, 5.74) is 1.58. The summed E-state index contributed by atoms with van der Waals surface area (Å²) in [6, 6.07) is 1.85. The molecule has 0 saturated heterocycles. The van der Waals surface area contributed by atoms with Crippen molar-refractivity contribution < 1.29 is 9.47 Å². The first-order valence-corrected chi connectivity index (χ1v) is 6.84. The number of rotatable bonds is 7. The van der Waals surface area contributed by atoms with Crippen molar-refractivity contribution in [3.05, 3.63) is 40.9 Å². The van der Waals surface area contributed by atoms with Gasteiger partial charge in [0.05, 0.1) is 17.8 Å². The second-order valence-corrected chi connectivity index (χ2v) is 4.46. The minimum Gasteiger partial charge on any atom is -0.347 e. The quantitative estimate of drug-likeness (QED) is 0.734. The molecular weight excluding hydrogens is 280 g/mol. The molecule has 20 heavy (non-hydrogen) atoms. The Hall–Kier alpha value is -1.50. The zero-order valence-corrected chi connectivity index (χ0v) is 12.2. The van der Waals surface area contributed by atoms with E-state index >= 15 is 0 Å². The Labute approximate surface area is 122 Å². The van der Waals surface area contributed by atoms with E-state index in [9.17, 15) is 0 Å². The Morgan fingerprint density at radius 2 is 2.05 bits per heavy atom. The molecule has 0 aliphatic heterocycles. The van der Waals surface area contributed by atoms with Crippen molar-refractivity contribution in [3.8, 4) is 0 Å². The van der Waals surface area contributed by atoms with E-state index < -0.39 is 6.29 Å². The SMILES string of the molecule is CCOC(OCC)c1cn(Cc2ccncc2Cl)nn1. The van der Waals surface area contributed by atoms with Crippen LogP contribution in [0.25, 0.3) is 0 Å². The molecule has 7 heteroatoms. The zero-order valence-electron chi connectivity index (χ0n) is 11.5. The van der Waals surface area contributed by atoms with Gasteiger partial charge in [-0.1, -0.05) is 16.8 Å². The van der Waals surface area contributed by atoms with Gasteiger partial charge in [-0.15, -0.1) is 5.10 Å². The molecule has 0 atom stereocenters. The van der Waals surface area contributed by atoms with Gasteiger partial charge in [0.2, 0.25) is 6.29 Å². The summed E-state index contributed by atoms with van der Waals surface area (Å²) in [7, 11) is 0. The predicted molar refractivity (Wildman–Crippen MR) is 74.4 cm³/mol. The summed E-state index contributed by atoms with van der Waals surface area (Å²) < 4.78 is 12.7. The van der Waals surface area contributed by atoms with Crippen LogP contribution in [0.3, 0.4) is 0 Å². The molecule has 0 amide bonds. The molecule has 6 nitrogen and oxygen atoms in total. The highest BCUT2D eigenvalue weighted by Crippen LogP contribution is 2.18. The lowest BCUT2D eigenvalue weighted by Crippen LogP contribution is -2.09. The predicted octanol–water partition coefficient (Wildman–Crippen LogP) is 2.45. The van der Waals surface area contributed by atoms with Gasteiger partial charge in [-0.25, -0.2) is 4.68 Å². The van der Waals surface area contributed by atoms with Gasteiger partial charge in [0.1, 0.15) is 5.69 Å².